The van der Waals surface area contributed by atoms with E-state index in [0.29, 0.717) is 17.4 Å². The third kappa shape index (κ3) is 3.59. The fourth-order valence-electron chi connectivity index (χ4n) is 1.60. The Bertz CT molecular complexity index is 689. The molecule has 0 saturated carbocycles. The van der Waals surface area contributed by atoms with Gasteiger partial charge in [-0.15, -0.1) is 11.3 Å². The summed E-state index contributed by atoms with van der Waals surface area (Å²) < 4.78 is 26.8. The van der Waals surface area contributed by atoms with Gasteiger partial charge in [0.05, 0.1) is 0 Å². The molecule has 2 aromatic heterocycles. The van der Waals surface area contributed by atoms with Crippen molar-refractivity contribution in [2.24, 2.45) is 0 Å². The molecule has 0 fully saturated rings. The van der Waals surface area contributed by atoms with Gasteiger partial charge < -0.3 is 0 Å². The summed E-state index contributed by atoms with van der Waals surface area (Å²) >= 11 is 10.7. The number of aromatic nitrogens is 1. The fourth-order valence-corrected chi connectivity index (χ4v) is 4.38. The van der Waals surface area contributed by atoms with Gasteiger partial charge in [-0.25, -0.2) is 17.7 Å². The van der Waals surface area contributed by atoms with E-state index in [1.54, 1.807) is 18.4 Å². The second-order valence-corrected chi connectivity index (χ2v) is 8.42. The van der Waals surface area contributed by atoms with Crippen LogP contribution in [0.3, 0.4) is 0 Å². The minimum Gasteiger partial charge on any atom is -0.242 e. The number of hydrogen-bond acceptors (Lipinski definition) is 4. The Balaban J connectivity index is 2.18. The van der Waals surface area contributed by atoms with Gasteiger partial charge in [-0.3, -0.25) is 0 Å². The molecule has 2 aromatic rings. The van der Waals surface area contributed by atoms with Crippen molar-refractivity contribution in [3.63, 3.8) is 0 Å². The molecule has 0 aliphatic heterocycles. The molecule has 0 saturated heterocycles. The highest BCUT2D eigenvalue weighted by Gasteiger charge is 2.24. The quantitative estimate of drug-likeness (QED) is 0.729. The van der Waals surface area contributed by atoms with Gasteiger partial charge in [0.25, 0.3) is 0 Å². The molecule has 108 valence electrons. The molecule has 2 heterocycles. The molecule has 0 N–H and O–H groups in total. The maximum absolute atomic E-state index is 12.4. The van der Waals surface area contributed by atoms with Crippen LogP contribution in [0.2, 0.25) is 5.15 Å². The van der Waals surface area contributed by atoms with E-state index in [1.807, 2.05) is 17.5 Å². The van der Waals surface area contributed by atoms with Crippen molar-refractivity contribution in [2.45, 2.75) is 11.3 Å². The summed E-state index contributed by atoms with van der Waals surface area (Å²) in [4.78, 5) is 5.01. The molecule has 0 radical (unpaired) electrons. The standard InChI is InChI=1S/C12H12BrClN2O2S2/c1-16(5-4-10-3-2-6-19-10)20(17,18)11-7-9(13)8-15-12(11)14/h2-3,6-8H,4-5H2,1H3. The van der Waals surface area contributed by atoms with Gasteiger partial charge in [0, 0.05) is 29.1 Å². The van der Waals surface area contributed by atoms with Gasteiger partial charge in [0.1, 0.15) is 10.0 Å². The molecular weight excluding hydrogens is 384 g/mol. The van der Waals surface area contributed by atoms with Gasteiger partial charge >= 0.3 is 0 Å². The summed E-state index contributed by atoms with van der Waals surface area (Å²) in [6.45, 7) is 0.395. The van der Waals surface area contributed by atoms with E-state index in [2.05, 4.69) is 20.9 Å². The first-order valence-corrected chi connectivity index (χ1v) is 9.20. The van der Waals surface area contributed by atoms with Gasteiger partial charge in [-0.2, -0.15) is 0 Å². The Morgan fingerprint density at radius 2 is 2.25 bits per heavy atom. The maximum atomic E-state index is 12.4. The second kappa shape index (κ2) is 6.53. The zero-order valence-electron chi connectivity index (χ0n) is 10.6. The summed E-state index contributed by atoms with van der Waals surface area (Å²) in [6, 6.07) is 5.40. The highest BCUT2D eigenvalue weighted by molar-refractivity contribution is 9.10. The van der Waals surface area contributed by atoms with Crippen LogP contribution in [-0.2, 0) is 16.4 Å². The molecule has 20 heavy (non-hydrogen) atoms. The summed E-state index contributed by atoms with van der Waals surface area (Å²) in [5.74, 6) is 0. The van der Waals surface area contributed by atoms with E-state index in [0.717, 1.165) is 4.88 Å². The summed E-state index contributed by atoms with van der Waals surface area (Å²) in [6.07, 6.45) is 2.14. The molecule has 0 bridgehead atoms. The largest absolute Gasteiger partial charge is 0.245 e. The minimum atomic E-state index is -3.63. The van der Waals surface area contributed by atoms with Crippen LogP contribution < -0.4 is 0 Å². The van der Waals surface area contributed by atoms with Crippen LogP contribution in [0.1, 0.15) is 4.88 Å². The predicted molar refractivity (Wildman–Crippen MR) is 84.8 cm³/mol. The fraction of sp³-hybridized carbons (Fsp3) is 0.250. The van der Waals surface area contributed by atoms with Crippen LogP contribution in [0.5, 0.6) is 0 Å². The number of rotatable bonds is 5. The van der Waals surface area contributed by atoms with Crippen LogP contribution in [0.25, 0.3) is 0 Å². The van der Waals surface area contributed by atoms with Crippen LogP contribution in [-0.4, -0.2) is 31.3 Å². The molecule has 8 heteroatoms. The van der Waals surface area contributed by atoms with Gasteiger partial charge in [-0.05, 0) is 39.9 Å². The number of sulfonamides is 1. The lowest BCUT2D eigenvalue weighted by molar-refractivity contribution is 0.473. The van der Waals surface area contributed by atoms with Crippen molar-refractivity contribution in [1.29, 1.82) is 0 Å². The Labute approximate surface area is 135 Å². The highest BCUT2D eigenvalue weighted by atomic mass is 79.9. The van der Waals surface area contributed by atoms with Crippen LogP contribution in [0.4, 0.5) is 0 Å². The lowest BCUT2D eigenvalue weighted by Gasteiger charge is -2.17. The average Bonchev–Trinajstić information content (AvgIpc) is 2.91. The molecule has 0 unspecified atom stereocenters. The second-order valence-electron chi connectivity index (χ2n) is 4.10. The summed E-state index contributed by atoms with van der Waals surface area (Å²) in [5, 5.41) is 1.95. The number of likely N-dealkylation sites (N-methyl/N-ethyl adjacent to an activating group) is 1. The first-order chi connectivity index (χ1) is 9.41. The van der Waals surface area contributed by atoms with Gasteiger partial charge in [0.15, 0.2) is 0 Å². The van der Waals surface area contributed by atoms with Crippen molar-refractivity contribution in [1.82, 2.24) is 9.29 Å². The van der Waals surface area contributed by atoms with E-state index in [-0.39, 0.29) is 10.0 Å². The minimum absolute atomic E-state index is 0.0159. The van der Waals surface area contributed by atoms with Crippen LogP contribution in [0.15, 0.2) is 39.1 Å². The van der Waals surface area contributed by atoms with Crippen molar-refractivity contribution in [3.05, 3.63) is 44.3 Å². The predicted octanol–water partition coefficient (Wildman–Crippen LogP) is 3.42. The number of halogens is 2. The van der Waals surface area contributed by atoms with Crippen molar-refractivity contribution in [2.75, 3.05) is 13.6 Å². The molecular formula is C12H12BrClN2O2S2. The van der Waals surface area contributed by atoms with Gasteiger partial charge in [-0.1, -0.05) is 17.7 Å². The monoisotopic (exact) mass is 394 g/mol. The molecule has 0 amide bonds. The van der Waals surface area contributed by atoms with Crippen LogP contribution in [0, 0.1) is 0 Å². The SMILES string of the molecule is CN(CCc1cccs1)S(=O)(=O)c1cc(Br)cnc1Cl. The molecule has 0 aromatic carbocycles. The third-order valence-electron chi connectivity index (χ3n) is 2.71. The average molecular weight is 396 g/mol. The lowest BCUT2D eigenvalue weighted by atomic mass is 10.3. The summed E-state index contributed by atoms with van der Waals surface area (Å²) in [5.41, 5.74) is 0. The Kier molecular flexibility index (Phi) is 5.19. The Morgan fingerprint density at radius 3 is 2.90 bits per heavy atom. The molecule has 0 aliphatic carbocycles. The van der Waals surface area contributed by atoms with Crippen molar-refractivity contribution < 1.29 is 8.42 Å². The van der Waals surface area contributed by atoms with E-state index >= 15 is 0 Å². The Hall–Kier alpha value is -0.470. The topological polar surface area (TPSA) is 50.3 Å². The maximum Gasteiger partial charge on any atom is 0.245 e. The molecule has 4 nitrogen and oxygen atoms in total. The van der Waals surface area contributed by atoms with E-state index in [4.69, 9.17) is 11.6 Å². The normalized spacial score (nSPS) is 12.0. The first kappa shape index (κ1) is 15.9. The third-order valence-corrected chi connectivity index (χ3v) is 6.37. The highest BCUT2D eigenvalue weighted by Crippen LogP contribution is 2.25. The van der Waals surface area contributed by atoms with Gasteiger partial charge in [0.2, 0.25) is 10.0 Å². The number of pyridine rings is 1. The zero-order valence-corrected chi connectivity index (χ0v) is 14.6. The lowest BCUT2D eigenvalue weighted by Crippen LogP contribution is -2.29. The number of hydrogen-bond donors (Lipinski definition) is 0. The Morgan fingerprint density at radius 1 is 1.50 bits per heavy atom. The number of thiophene rings is 1. The van der Waals surface area contributed by atoms with Crippen LogP contribution >= 0.6 is 38.9 Å². The smallest absolute Gasteiger partial charge is 0.242 e. The van der Waals surface area contributed by atoms with E-state index in [9.17, 15) is 8.42 Å². The molecule has 0 aliphatic rings. The molecule has 0 atom stereocenters. The summed E-state index contributed by atoms with van der Waals surface area (Å²) in [7, 11) is -2.09. The first-order valence-electron chi connectivity index (χ1n) is 5.71. The number of nitrogens with zero attached hydrogens (tertiary/aromatic N) is 2. The molecule has 0 spiro atoms. The molecule has 2 rings (SSSR count). The van der Waals surface area contributed by atoms with E-state index in [1.165, 1.54) is 16.6 Å². The van der Waals surface area contributed by atoms with Crippen molar-refractivity contribution in [3.8, 4) is 0 Å². The van der Waals surface area contributed by atoms with E-state index < -0.39 is 10.0 Å². The van der Waals surface area contributed by atoms with Crippen molar-refractivity contribution >= 4 is 48.9 Å². The zero-order chi connectivity index (χ0) is 14.8.